The highest BCUT2D eigenvalue weighted by Gasteiger charge is 2.34. The van der Waals surface area contributed by atoms with Gasteiger partial charge >= 0.3 is 0 Å². The number of fused-ring (bicyclic) bond motifs is 1. The molecule has 0 fully saturated rings. The van der Waals surface area contributed by atoms with Gasteiger partial charge in [-0.05, 0) is 46.4 Å². The second-order valence-electron chi connectivity index (χ2n) is 8.30. The molecule has 1 aliphatic rings. The van der Waals surface area contributed by atoms with Crippen LogP contribution < -0.4 is 10.8 Å². The van der Waals surface area contributed by atoms with Gasteiger partial charge in [0, 0.05) is 12.8 Å². The van der Waals surface area contributed by atoms with Crippen molar-refractivity contribution in [2.75, 3.05) is 0 Å². The lowest BCUT2D eigenvalue weighted by molar-refractivity contribution is -0.135. The maximum atomic E-state index is 13.5. The fraction of sp³-hybridized carbons (Fsp3) is 0.231. The molecule has 6 nitrogen and oxygen atoms in total. The van der Waals surface area contributed by atoms with Crippen molar-refractivity contribution in [3.63, 3.8) is 0 Å². The van der Waals surface area contributed by atoms with Crippen LogP contribution in [-0.4, -0.2) is 28.2 Å². The van der Waals surface area contributed by atoms with Crippen LogP contribution in [0.1, 0.15) is 29.2 Å². The molecule has 0 saturated carbocycles. The molecule has 4 N–H and O–H groups in total. The third-order valence-electron chi connectivity index (χ3n) is 6.02. The van der Waals surface area contributed by atoms with Crippen LogP contribution in [0.3, 0.4) is 0 Å². The van der Waals surface area contributed by atoms with E-state index in [1.807, 2.05) is 54.6 Å². The van der Waals surface area contributed by atoms with Crippen LogP contribution in [0.25, 0.3) is 11.1 Å². The van der Waals surface area contributed by atoms with Gasteiger partial charge in [-0.3, -0.25) is 14.8 Å². The standard InChI is InChI=1S/C26H25FN2O4/c27-21-6-3-5-18(13-21)17-10-8-16(9-11-17)12-20(15-24(31)29-33)26(32)28-25-22-7-2-1-4-19(22)14-23(25)30/h1-11,13,20,23,25,30,33H,12,14-15H2,(H,28,32)(H,29,31). The van der Waals surface area contributed by atoms with Gasteiger partial charge in [-0.25, -0.2) is 9.87 Å². The molecule has 2 amide bonds. The Bertz CT molecular complexity index is 1150. The molecule has 7 heteroatoms. The van der Waals surface area contributed by atoms with E-state index < -0.39 is 24.0 Å². The summed E-state index contributed by atoms with van der Waals surface area (Å²) < 4.78 is 13.5. The van der Waals surface area contributed by atoms with Gasteiger partial charge in [-0.1, -0.05) is 60.7 Å². The average molecular weight is 448 g/mol. The first-order valence-electron chi connectivity index (χ1n) is 10.8. The van der Waals surface area contributed by atoms with Crippen LogP contribution in [0.15, 0.2) is 72.8 Å². The summed E-state index contributed by atoms with van der Waals surface area (Å²) in [5.74, 6) is -2.12. The number of carbonyl (C=O) groups excluding carboxylic acids is 2. The number of rotatable bonds is 7. The molecule has 0 spiro atoms. The zero-order valence-electron chi connectivity index (χ0n) is 17.9. The normalized spacial score (nSPS) is 17.8. The van der Waals surface area contributed by atoms with Gasteiger partial charge in [0.1, 0.15) is 5.82 Å². The molecular weight excluding hydrogens is 423 g/mol. The molecule has 0 aromatic heterocycles. The molecular formula is C26H25FN2O4. The van der Waals surface area contributed by atoms with Crippen LogP contribution in [-0.2, 0) is 22.4 Å². The van der Waals surface area contributed by atoms with E-state index in [2.05, 4.69) is 5.32 Å². The van der Waals surface area contributed by atoms with E-state index in [9.17, 15) is 19.1 Å². The number of benzene rings is 3. The fourth-order valence-electron chi connectivity index (χ4n) is 4.33. The predicted molar refractivity (Wildman–Crippen MR) is 121 cm³/mol. The average Bonchev–Trinajstić information content (AvgIpc) is 3.13. The molecule has 3 aromatic carbocycles. The van der Waals surface area contributed by atoms with E-state index in [1.165, 1.54) is 12.1 Å². The summed E-state index contributed by atoms with van der Waals surface area (Å²) in [7, 11) is 0. The molecule has 0 bridgehead atoms. The Morgan fingerprint density at radius 2 is 1.76 bits per heavy atom. The van der Waals surface area contributed by atoms with Gasteiger partial charge in [0.25, 0.3) is 0 Å². The molecule has 0 radical (unpaired) electrons. The summed E-state index contributed by atoms with van der Waals surface area (Å²) in [4.78, 5) is 25.0. The minimum Gasteiger partial charge on any atom is -0.390 e. The Morgan fingerprint density at radius 1 is 1.00 bits per heavy atom. The predicted octanol–water partition coefficient (Wildman–Crippen LogP) is 3.32. The van der Waals surface area contributed by atoms with Gasteiger partial charge in [-0.15, -0.1) is 0 Å². The SMILES string of the molecule is O=C(CC(Cc1ccc(-c2cccc(F)c2)cc1)C(=O)NC1c2ccccc2CC1O)NO. The first kappa shape index (κ1) is 22.6. The van der Waals surface area contributed by atoms with E-state index in [-0.39, 0.29) is 24.6 Å². The van der Waals surface area contributed by atoms with E-state index >= 15 is 0 Å². The number of hydrogen-bond acceptors (Lipinski definition) is 4. The first-order chi connectivity index (χ1) is 15.9. The van der Waals surface area contributed by atoms with Crippen molar-refractivity contribution in [1.82, 2.24) is 10.8 Å². The Balaban J connectivity index is 1.50. The molecule has 1 aliphatic carbocycles. The molecule has 0 heterocycles. The van der Waals surface area contributed by atoms with Crippen LogP contribution in [0.4, 0.5) is 4.39 Å². The number of halogens is 1. The monoisotopic (exact) mass is 448 g/mol. The van der Waals surface area contributed by atoms with Gasteiger partial charge in [0.15, 0.2) is 0 Å². The summed E-state index contributed by atoms with van der Waals surface area (Å²) in [5.41, 5.74) is 5.81. The minimum absolute atomic E-state index is 0.210. The summed E-state index contributed by atoms with van der Waals surface area (Å²) in [6.07, 6.45) is -0.250. The number of aliphatic hydroxyl groups excluding tert-OH is 1. The van der Waals surface area contributed by atoms with E-state index in [1.54, 1.807) is 11.5 Å². The van der Waals surface area contributed by atoms with Crippen LogP contribution in [0.2, 0.25) is 0 Å². The molecule has 3 unspecified atom stereocenters. The molecule has 0 aliphatic heterocycles. The number of amides is 2. The van der Waals surface area contributed by atoms with E-state index in [0.29, 0.717) is 6.42 Å². The Labute approximate surface area is 191 Å². The zero-order valence-corrected chi connectivity index (χ0v) is 17.9. The highest BCUT2D eigenvalue weighted by Crippen LogP contribution is 2.32. The van der Waals surface area contributed by atoms with Gasteiger partial charge < -0.3 is 10.4 Å². The Hall–Kier alpha value is -3.55. The summed E-state index contributed by atoms with van der Waals surface area (Å²) in [5, 5.41) is 22.3. The summed E-state index contributed by atoms with van der Waals surface area (Å²) in [6.45, 7) is 0. The summed E-state index contributed by atoms with van der Waals surface area (Å²) >= 11 is 0. The number of nitrogens with one attached hydrogen (secondary N) is 2. The fourth-order valence-corrected chi connectivity index (χ4v) is 4.33. The highest BCUT2D eigenvalue weighted by molar-refractivity contribution is 5.86. The largest absolute Gasteiger partial charge is 0.390 e. The summed E-state index contributed by atoms with van der Waals surface area (Å²) in [6, 6.07) is 20.6. The topological polar surface area (TPSA) is 98.7 Å². The van der Waals surface area contributed by atoms with Gasteiger partial charge in [-0.2, -0.15) is 0 Å². The molecule has 0 saturated heterocycles. The second kappa shape index (κ2) is 9.94. The van der Waals surface area contributed by atoms with Crippen LogP contribution in [0, 0.1) is 11.7 Å². The molecule has 170 valence electrons. The quantitative estimate of drug-likeness (QED) is 0.329. The van der Waals surface area contributed by atoms with Crippen LogP contribution in [0.5, 0.6) is 0 Å². The minimum atomic E-state index is -0.753. The van der Waals surface area contributed by atoms with Gasteiger partial charge in [0.05, 0.1) is 18.1 Å². The molecule has 33 heavy (non-hydrogen) atoms. The lowest BCUT2D eigenvalue weighted by atomic mass is 9.93. The van der Waals surface area contributed by atoms with Crippen molar-refractivity contribution in [2.45, 2.75) is 31.4 Å². The second-order valence-corrected chi connectivity index (χ2v) is 8.30. The number of carbonyl (C=O) groups is 2. The third-order valence-corrected chi connectivity index (χ3v) is 6.02. The maximum Gasteiger partial charge on any atom is 0.244 e. The van der Waals surface area contributed by atoms with Crippen molar-refractivity contribution < 1.29 is 24.3 Å². The lowest BCUT2D eigenvalue weighted by Crippen LogP contribution is -2.40. The van der Waals surface area contributed by atoms with E-state index in [0.717, 1.165) is 27.8 Å². The van der Waals surface area contributed by atoms with E-state index in [4.69, 9.17) is 5.21 Å². The third kappa shape index (κ3) is 5.27. The Morgan fingerprint density at radius 3 is 2.48 bits per heavy atom. The zero-order chi connectivity index (χ0) is 23.4. The molecule has 3 aromatic rings. The number of hydroxylamine groups is 1. The Kier molecular flexibility index (Phi) is 6.82. The van der Waals surface area contributed by atoms with Crippen molar-refractivity contribution in [3.8, 4) is 11.1 Å². The van der Waals surface area contributed by atoms with Crippen molar-refractivity contribution >= 4 is 11.8 Å². The number of hydrogen-bond donors (Lipinski definition) is 4. The molecule has 4 rings (SSSR count). The molecule has 3 atom stereocenters. The smallest absolute Gasteiger partial charge is 0.244 e. The van der Waals surface area contributed by atoms with Crippen molar-refractivity contribution in [1.29, 1.82) is 0 Å². The van der Waals surface area contributed by atoms with Crippen molar-refractivity contribution in [2.24, 2.45) is 5.92 Å². The maximum absolute atomic E-state index is 13.5. The highest BCUT2D eigenvalue weighted by atomic mass is 19.1. The first-order valence-corrected chi connectivity index (χ1v) is 10.8. The van der Waals surface area contributed by atoms with Gasteiger partial charge in [0.2, 0.25) is 11.8 Å². The lowest BCUT2D eigenvalue weighted by Gasteiger charge is -2.22. The van der Waals surface area contributed by atoms with Crippen LogP contribution >= 0.6 is 0 Å². The van der Waals surface area contributed by atoms with Crippen molar-refractivity contribution in [3.05, 3.63) is 95.3 Å². The number of aliphatic hydroxyl groups is 1.